The van der Waals surface area contributed by atoms with Crippen LogP contribution >= 0.6 is 27.7 Å². The number of hydrogen-bond acceptors (Lipinski definition) is 6. The summed E-state index contributed by atoms with van der Waals surface area (Å²) < 4.78 is 0.865. The summed E-state index contributed by atoms with van der Waals surface area (Å²) in [6, 6.07) is 12.4. The number of phenolic OH excluding ortho intramolecular Hbond substituents is 1. The van der Waals surface area contributed by atoms with Gasteiger partial charge in [-0.05, 0) is 42.2 Å². The van der Waals surface area contributed by atoms with Crippen molar-refractivity contribution in [2.24, 2.45) is 10.1 Å². The smallest absolute Gasteiger partial charge is 0.276 e. The van der Waals surface area contributed by atoms with Gasteiger partial charge >= 0.3 is 0 Å². The van der Waals surface area contributed by atoms with Crippen LogP contribution in [0.3, 0.4) is 0 Å². The number of nitrogens with zero attached hydrogens (tertiary/aromatic N) is 3. The summed E-state index contributed by atoms with van der Waals surface area (Å²) in [6.07, 6.45) is 1.38. The number of carbonyl (C=O) groups excluding carboxylic acids is 1. The molecule has 0 saturated heterocycles. The summed E-state index contributed by atoms with van der Waals surface area (Å²) >= 11 is 4.81. The molecule has 0 radical (unpaired) electrons. The van der Waals surface area contributed by atoms with Crippen LogP contribution in [-0.2, 0) is 4.79 Å². The maximum atomic E-state index is 12.7. The van der Waals surface area contributed by atoms with Gasteiger partial charge in [-0.3, -0.25) is 15.1 Å². The molecule has 2 aliphatic rings. The molecule has 2 aromatic rings. The van der Waals surface area contributed by atoms with Gasteiger partial charge in [-0.2, -0.15) is 0 Å². The van der Waals surface area contributed by atoms with Gasteiger partial charge in [-0.15, -0.1) is 5.10 Å². The Morgan fingerprint density at radius 3 is 2.72 bits per heavy atom. The largest absolute Gasteiger partial charge is 0.508 e. The Morgan fingerprint density at radius 2 is 2.00 bits per heavy atom. The zero-order chi connectivity index (χ0) is 17.6. The van der Waals surface area contributed by atoms with Gasteiger partial charge < -0.3 is 5.11 Å². The van der Waals surface area contributed by atoms with Crippen LogP contribution < -0.4 is 15.9 Å². The summed E-state index contributed by atoms with van der Waals surface area (Å²) in [5.41, 5.74) is 1.30. The van der Waals surface area contributed by atoms with Crippen molar-refractivity contribution in [1.82, 2.24) is 10.3 Å². The third-order valence-electron chi connectivity index (χ3n) is 3.95. The standard InChI is InChI=1S/C17H13BrN4O2S/c1-25-17-20-16(24)14-12-8-10(18)4-7-13(12)19-15(22(14)21-17)9-2-5-11(23)6-3-9/h2-8,15,23H,1H3,(H,20,21,24). The Balaban J connectivity index is 1.99. The van der Waals surface area contributed by atoms with Crippen molar-refractivity contribution in [3.63, 3.8) is 0 Å². The summed E-state index contributed by atoms with van der Waals surface area (Å²) in [4.78, 5) is 17.5. The van der Waals surface area contributed by atoms with Crippen molar-refractivity contribution in [3.05, 3.63) is 63.1 Å². The molecule has 2 N–H and O–H groups in total. The van der Waals surface area contributed by atoms with E-state index in [0.29, 0.717) is 10.9 Å². The van der Waals surface area contributed by atoms with Crippen LogP contribution in [-0.4, -0.2) is 27.4 Å². The number of hydrogen-bond donors (Lipinski definition) is 2. The number of thioether (sulfide) groups is 1. The van der Waals surface area contributed by atoms with E-state index < -0.39 is 6.17 Å². The second-order valence-corrected chi connectivity index (χ2v) is 7.22. The third-order valence-corrected chi connectivity index (χ3v) is 5.02. The predicted octanol–water partition coefficient (Wildman–Crippen LogP) is 1.66. The van der Waals surface area contributed by atoms with Crippen LogP contribution in [0.25, 0.3) is 5.70 Å². The van der Waals surface area contributed by atoms with Crippen LogP contribution in [0.15, 0.2) is 57.0 Å². The highest BCUT2D eigenvalue weighted by Gasteiger charge is 2.34. The van der Waals surface area contributed by atoms with Gasteiger partial charge in [0.25, 0.3) is 5.91 Å². The van der Waals surface area contributed by atoms with E-state index in [0.717, 1.165) is 20.6 Å². The first-order valence-corrected chi connectivity index (χ1v) is 9.48. The zero-order valence-corrected chi connectivity index (χ0v) is 15.5. The number of rotatable bonds is 1. The molecule has 1 amide bonds. The van der Waals surface area contributed by atoms with Crippen LogP contribution in [0.4, 0.5) is 0 Å². The van der Waals surface area contributed by atoms with E-state index in [4.69, 9.17) is 4.99 Å². The minimum atomic E-state index is -0.475. The lowest BCUT2D eigenvalue weighted by Gasteiger charge is -2.33. The lowest BCUT2D eigenvalue weighted by molar-refractivity contribution is -0.116. The van der Waals surface area contributed by atoms with Crippen molar-refractivity contribution in [2.75, 3.05) is 6.26 Å². The highest BCUT2D eigenvalue weighted by molar-refractivity contribution is 9.10. The normalized spacial score (nSPS) is 18.7. The Morgan fingerprint density at radius 1 is 1.24 bits per heavy atom. The van der Waals surface area contributed by atoms with E-state index in [2.05, 4.69) is 26.3 Å². The minimum absolute atomic E-state index is 0.179. The molecule has 0 fully saturated rings. The molecule has 2 heterocycles. The molecule has 0 aromatic heterocycles. The van der Waals surface area contributed by atoms with Gasteiger partial charge in [-0.1, -0.05) is 39.8 Å². The molecule has 25 heavy (non-hydrogen) atoms. The second-order valence-electron chi connectivity index (χ2n) is 5.51. The molecule has 126 valence electrons. The topological polar surface area (TPSA) is 77.3 Å². The third kappa shape index (κ3) is 2.81. The number of fused-ring (bicyclic) bond motifs is 2. The quantitative estimate of drug-likeness (QED) is 0.740. The zero-order valence-electron chi connectivity index (χ0n) is 13.1. The molecule has 2 aliphatic heterocycles. The lowest BCUT2D eigenvalue weighted by atomic mass is 10.1. The Bertz CT molecular complexity index is 1020. The number of benzene rings is 2. The van der Waals surface area contributed by atoms with Gasteiger partial charge in [0.05, 0.1) is 5.36 Å². The highest BCUT2D eigenvalue weighted by atomic mass is 79.9. The molecule has 0 aliphatic carbocycles. The molecule has 0 saturated carbocycles. The molecule has 2 aromatic carbocycles. The van der Waals surface area contributed by atoms with E-state index in [1.165, 1.54) is 11.8 Å². The molecule has 1 atom stereocenters. The van der Waals surface area contributed by atoms with Crippen molar-refractivity contribution < 1.29 is 9.90 Å². The number of amidine groups is 1. The average Bonchev–Trinajstić information content (AvgIpc) is 2.61. The molecular weight excluding hydrogens is 404 g/mol. The fourth-order valence-corrected chi connectivity index (χ4v) is 3.53. The Hall–Kier alpha value is -2.32. The number of halogens is 1. The molecule has 6 nitrogen and oxygen atoms in total. The second kappa shape index (κ2) is 6.20. The Labute approximate surface area is 156 Å². The van der Waals surface area contributed by atoms with Gasteiger partial charge in [-0.25, -0.2) is 5.01 Å². The lowest BCUT2D eigenvalue weighted by Crippen LogP contribution is -2.50. The molecule has 1 unspecified atom stereocenters. The number of phenols is 1. The van der Waals surface area contributed by atoms with Crippen LogP contribution in [0.2, 0.25) is 0 Å². The molecule has 0 bridgehead atoms. The van der Waals surface area contributed by atoms with Crippen LogP contribution in [0.5, 0.6) is 5.75 Å². The van der Waals surface area contributed by atoms with E-state index in [1.807, 2.05) is 24.5 Å². The summed E-state index contributed by atoms with van der Waals surface area (Å²) in [7, 11) is 0. The highest BCUT2D eigenvalue weighted by Crippen LogP contribution is 2.31. The first-order chi connectivity index (χ1) is 12.1. The average molecular weight is 417 g/mol. The van der Waals surface area contributed by atoms with E-state index in [9.17, 15) is 9.90 Å². The van der Waals surface area contributed by atoms with Crippen LogP contribution in [0, 0.1) is 0 Å². The van der Waals surface area contributed by atoms with Crippen LogP contribution in [0.1, 0.15) is 11.7 Å². The predicted molar refractivity (Wildman–Crippen MR) is 100 cm³/mol. The summed E-state index contributed by atoms with van der Waals surface area (Å²) in [5.74, 6) is -0.0323. The van der Waals surface area contributed by atoms with Crippen molar-refractivity contribution in [2.45, 2.75) is 6.17 Å². The Kier molecular flexibility index (Phi) is 4.01. The van der Waals surface area contributed by atoms with Crippen molar-refractivity contribution >= 4 is 44.5 Å². The fraction of sp³-hybridized carbons (Fsp3) is 0.118. The SMILES string of the molecule is CSC1=NN2C(=c3cc(Br)ccc3=NC2c2ccc(O)cc2)C(=O)N1. The fourth-order valence-electron chi connectivity index (χ4n) is 2.81. The van der Waals surface area contributed by atoms with E-state index in [-0.39, 0.29) is 11.7 Å². The van der Waals surface area contributed by atoms with E-state index in [1.54, 1.807) is 29.3 Å². The first kappa shape index (κ1) is 16.2. The molecule has 0 spiro atoms. The minimum Gasteiger partial charge on any atom is -0.508 e. The van der Waals surface area contributed by atoms with E-state index >= 15 is 0 Å². The molecule has 4 rings (SSSR count). The summed E-state index contributed by atoms with van der Waals surface area (Å²) in [5, 5.41) is 20.5. The van der Waals surface area contributed by atoms with Crippen molar-refractivity contribution in [1.29, 1.82) is 0 Å². The molecule has 8 heteroatoms. The monoisotopic (exact) mass is 416 g/mol. The number of carbonyl (C=O) groups is 1. The van der Waals surface area contributed by atoms with Crippen molar-refractivity contribution in [3.8, 4) is 5.75 Å². The van der Waals surface area contributed by atoms with Gasteiger partial charge in [0.1, 0.15) is 11.4 Å². The maximum Gasteiger partial charge on any atom is 0.276 e. The number of nitrogens with one attached hydrogen (secondary N) is 1. The molecular formula is C17H13BrN4O2S. The summed E-state index contributed by atoms with van der Waals surface area (Å²) in [6.45, 7) is 0. The number of aromatic hydroxyl groups is 1. The maximum absolute atomic E-state index is 12.7. The number of hydrazone groups is 1. The van der Waals surface area contributed by atoms with Gasteiger partial charge in [0, 0.05) is 9.69 Å². The van der Waals surface area contributed by atoms with Gasteiger partial charge in [0.2, 0.25) is 0 Å². The van der Waals surface area contributed by atoms with Gasteiger partial charge in [0.15, 0.2) is 11.3 Å². The first-order valence-electron chi connectivity index (χ1n) is 7.46. The number of amides is 1.